The molecule has 0 bridgehead atoms. The molecule has 0 N–H and O–H groups in total. The molecule has 2 aromatic carbocycles. The third kappa shape index (κ3) is 3.71. The zero-order valence-electron chi connectivity index (χ0n) is 11.6. The van der Waals surface area contributed by atoms with E-state index in [0.29, 0.717) is 6.42 Å². The fraction of sp³-hybridized carbons (Fsp3) is 0.235. The van der Waals surface area contributed by atoms with E-state index in [1.165, 1.54) is 16.0 Å². The van der Waals surface area contributed by atoms with Crippen LogP contribution in [0.3, 0.4) is 0 Å². The molecule has 0 spiro atoms. The van der Waals surface area contributed by atoms with Gasteiger partial charge in [0.25, 0.3) is 0 Å². The molecule has 2 heteroatoms. The van der Waals surface area contributed by atoms with Crippen molar-refractivity contribution in [2.24, 2.45) is 0 Å². The van der Waals surface area contributed by atoms with E-state index < -0.39 is 0 Å². The maximum atomic E-state index is 12.2. The Bertz CT molecular complexity index is 564. The normalized spacial score (nSPS) is 10.5. The van der Waals surface area contributed by atoms with E-state index in [0.717, 1.165) is 11.1 Å². The number of thioether (sulfide) groups is 1. The van der Waals surface area contributed by atoms with E-state index in [-0.39, 0.29) is 5.78 Å². The lowest BCUT2D eigenvalue weighted by Gasteiger charge is -2.05. The van der Waals surface area contributed by atoms with Crippen molar-refractivity contribution >= 4 is 17.5 Å². The monoisotopic (exact) mass is 270 g/mol. The highest BCUT2D eigenvalue weighted by Gasteiger charge is 2.07. The van der Waals surface area contributed by atoms with E-state index in [9.17, 15) is 4.79 Å². The van der Waals surface area contributed by atoms with Crippen LogP contribution in [0.25, 0.3) is 0 Å². The molecule has 2 aromatic rings. The Morgan fingerprint density at radius 1 is 1.00 bits per heavy atom. The number of hydrogen-bond donors (Lipinski definition) is 0. The number of aryl methyl sites for hydroxylation is 2. The summed E-state index contributed by atoms with van der Waals surface area (Å²) in [6, 6.07) is 14.1. The number of carbonyl (C=O) groups is 1. The molecule has 0 saturated carbocycles. The molecule has 2 rings (SSSR count). The number of benzene rings is 2. The van der Waals surface area contributed by atoms with Crippen LogP contribution in [0.5, 0.6) is 0 Å². The van der Waals surface area contributed by atoms with Gasteiger partial charge in [-0.05, 0) is 37.8 Å². The average Bonchev–Trinajstić information content (AvgIpc) is 2.37. The Morgan fingerprint density at radius 3 is 2.11 bits per heavy atom. The van der Waals surface area contributed by atoms with Crippen molar-refractivity contribution < 1.29 is 4.79 Å². The number of carbonyl (C=O) groups excluding carboxylic acids is 1. The van der Waals surface area contributed by atoms with Crippen molar-refractivity contribution in [2.45, 2.75) is 25.2 Å². The van der Waals surface area contributed by atoms with Crippen LogP contribution in [0.15, 0.2) is 47.4 Å². The van der Waals surface area contributed by atoms with E-state index >= 15 is 0 Å². The summed E-state index contributed by atoms with van der Waals surface area (Å²) in [4.78, 5) is 13.4. The zero-order valence-corrected chi connectivity index (χ0v) is 12.4. The van der Waals surface area contributed by atoms with Crippen LogP contribution in [0.4, 0.5) is 0 Å². The molecule has 0 radical (unpaired) electrons. The van der Waals surface area contributed by atoms with E-state index in [2.05, 4.69) is 32.0 Å². The Hall–Kier alpha value is -1.54. The van der Waals surface area contributed by atoms with Gasteiger partial charge in [0, 0.05) is 16.9 Å². The molecule has 0 aromatic heterocycles. The van der Waals surface area contributed by atoms with E-state index in [1.807, 2.05) is 30.5 Å². The summed E-state index contributed by atoms with van der Waals surface area (Å²) >= 11 is 1.69. The van der Waals surface area contributed by atoms with Gasteiger partial charge in [0.2, 0.25) is 0 Å². The van der Waals surface area contributed by atoms with Gasteiger partial charge in [0.15, 0.2) is 5.78 Å². The minimum atomic E-state index is 0.178. The molecule has 0 atom stereocenters. The second-order valence-corrected chi connectivity index (χ2v) is 5.70. The van der Waals surface area contributed by atoms with Crippen LogP contribution >= 0.6 is 11.8 Å². The molecule has 0 aliphatic rings. The molecular formula is C17H18OS. The Balaban J connectivity index is 2.15. The summed E-state index contributed by atoms with van der Waals surface area (Å²) < 4.78 is 0. The van der Waals surface area contributed by atoms with Gasteiger partial charge in [-0.25, -0.2) is 0 Å². The van der Waals surface area contributed by atoms with Gasteiger partial charge in [-0.1, -0.05) is 41.5 Å². The van der Waals surface area contributed by atoms with Gasteiger partial charge in [0.1, 0.15) is 0 Å². The fourth-order valence-electron chi connectivity index (χ4n) is 2.24. The van der Waals surface area contributed by atoms with Crippen molar-refractivity contribution in [1.29, 1.82) is 0 Å². The zero-order chi connectivity index (χ0) is 13.8. The van der Waals surface area contributed by atoms with Crippen LogP contribution in [0.1, 0.15) is 27.0 Å². The third-order valence-electron chi connectivity index (χ3n) is 3.06. The summed E-state index contributed by atoms with van der Waals surface area (Å²) in [7, 11) is 0. The largest absolute Gasteiger partial charge is 0.294 e. The molecule has 0 amide bonds. The molecule has 1 nitrogen and oxygen atoms in total. The van der Waals surface area contributed by atoms with Crippen LogP contribution in [0.2, 0.25) is 0 Å². The topological polar surface area (TPSA) is 17.1 Å². The highest BCUT2D eigenvalue weighted by atomic mass is 32.2. The highest BCUT2D eigenvalue weighted by Crippen LogP contribution is 2.17. The molecule has 0 aliphatic heterocycles. The molecule has 0 aliphatic carbocycles. The van der Waals surface area contributed by atoms with Crippen molar-refractivity contribution in [3.8, 4) is 0 Å². The molecular weight excluding hydrogens is 252 g/mol. The van der Waals surface area contributed by atoms with Gasteiger partial charge in [0.05, 0.1) is 0 Å². The van der Waals surface area contributed by atoms with Crippen LogP contribution in [-0.4, -0.2) is 12.0 Å². The first-order valence-electron chi connectivity index (χ1n) is 6.33. The van der Waals surface area contributed by atoms with Crippen LogP contribution in [0, 0.1) is 13.8 Å². The summed E-state index contributed by atoms with van der Waals surface area (Å²) in [5, 5.41) is 0. The lowest BCUT2D eigenvalue weighted by Crippen LogP contribution is -2.03. The predicted molar refractivity (Wildman–Crippen MR) is 82.2 cm³/mol. The smallest absolute Gasteiger partial charge is 0.167 e. The predicted octanol–water partition coefficient (Wildman–Crippen LogP) is 4.45. The Labute approximate surface area is 119 Å². The minimum absolute atomic E-state index is 0.178. The van der Waals surface area contributed by atoms with E-state index in [4.69, 9.17) is 0 Å². The second-order valence-electron chi connectivity index (χ2n) is 4.82. The Kier molecular flexibility index (Phi) is 4.43. The van der Waals surface area contributed by atoms with Gasteiger partial charge in [-0.2, -0.15) is 0 Å². The number of rotatable bonds is 4. The fourth-order valence-corrected chi connectivity index (χ4v) is 2.64. The van der Waals surface area contributed by atoms with Crippen molar-refractivity contribution in [2.75, 3.05) is 6.26 Å². The molecule has 0 saturated heterocycles. The standard InChI is InChI=1S/C17H18OS/c1-12-8-13(2)10-14(9-12)11-17(18)15-4-6-16(19-3)7-5-15/h4-10H,11H2,1-3H3. The van der Waals surface area contributed by atoms with Crippen molar-refractivity contribution in [1.82, 2.24) is 0 Å². The summed E-state index contributed by atoms with van der Waals surface area (Å²) in [5.41, 5.74) is 4.30. The SMILES string of the molecule is CSc1ccc(C(=O)Cc2cc(C)cc(C)c2)cc1. The maximum Gasteiger partial charge on any atom is 0.167 e. The first-order chi connectivity index (χ1) is 9.08. The first kappa shape index (κ1) is 13.9. The van der Waals surface area contributed by atoms with E-state index in [1.54, 1.807) is 11.8 Å². The molecule has 0 fully saturated rings. The Morgan fingerprint density at radius 2 is 1.58 bits per heavy atom. The van der Waals surface area contributed by atoms with Gasteiger partial charge >= 0.3 is 0 Å². The third-order valence-corrected chi connectivity index (χ3v) is 3.80. The van der Waals surface area contributed by atoms with Gasteiger partial charge < -0.3 is 0 Å². The van der Waals surface area contributed by atoms with Crippen LogP contribution < -0.4 is 0 Å². The molecule has 0 heterocycles. The lowest BCUT2D eigenvalue weighted by atomic mass is 10.00. The summed E-state index contributed by atoms with van der Waals surface area (Å²) in [5.74, 6) is 0.178. The summed E-state index contributed by atoms with van der Waals surface area (Å²) in [6.45, 7) is 4.13. The van der Waals surface area contributed by atoms with Gasteiger partial charge in [-0.15, -0.1) is 11.8 Å². The van der Waals surface area contributed by atoms with Crippen molar-refractivity contribution in [3.63, 3.8) is 0 Å². The molecule has 0 unspecified atom stereocenters. The van der Waals surface area contributed by atoms with Crippen molar-refractivity contribution in [3.05, 3.63) is 64.7 Å². The maximum absolute atomic E-state index is 12.2. The molecule has 19 heavy (non-hydrogen) atoms. The molecule has 98 valence electrons. The lowest BCUT2D eigenvalue weighted by molar-refractivity contribution is 0.0993. The number of ketones is 1. The summed E-state index contributed by atoms with van der Waals surface area (Å²) in [6.07, 6.45) is 2.51. The minimum Gasteiger partial charge on any atom is -0.294 e. The average molecular weight is 270 g/mol. The number of Topliss-reactive ketones (excluding diaryl/α,β-unsaturated/α-hetero) is 1. The first-order valence-corrected chi connectivity index (χ1v) is 7.55. The highest BCUT2D eigenvalue weighted by molar-refractivity contribution is 7.98. The second kappa shape index (κ2) is 6.07. The number of hydrogen-bond acceptors (Lipinski definition) is 2. The van der Waals surface area contributed by atoms with Gasteiger partial charge in [-0.3, -0.25) is 4.79 Å². The van der Waals surface area contributed by atoms with Crippen LogP contribution in [-0.2, 0) is 6.42 Å². The quantitative estimate of drug-likeness (QED) is 0.603.